The van der Waals surface area contributed by atoms with Gasteiger partial charge in [0.25, 0.3) is 0 Å². The van der Waals surface area contributed by atoms with E-state index in [-0.39, 0.29) is 23.7 Å². The molecule has 24 heavy (non-hydrogen) atoms. The predicted molar refractivity (Wildman–Crippen MR) is 92.0 cm³/mol. The van der Waals surface area contributed by atoms with Gasteiger partial charge in [0.05, 0.1) is 28.9 Å². The third-order valence-corrected chi connectivity index (χ3v) is 6.92. The van der Waals surface area contributed by atoms with Gasteiger partial charge in [-0.15, -0.1) is 0 Å². The quantitative estimate of drug-likeness (QED) is 0.832. The number of piperidine rings is 1. The number of aromatic nitrogens is 1. The molecule has 1 aromatic carbocycles. The first kappa shape index (κ1) is 13.4. The van der Waals surface area contributed by atoms with Gasteiger partial charge < -0.3 is 15.4 Å². The minimum atomic E-state index is -0.00329. The van der Waals surface area contributed by atoms with Gasteiger partial charge in [-0.25, -0.2) is 9.78 Å². The molecule has 3 fully saturated rings. The van der Waals surface area contributed by atoms with E-state index >= 15 is 0 Å². The lowest BCUT2D eigenvalue weighted by Crippen LogP contribution is -2.55. The van der Waals surface area contributed by atoms with E-state index < -0.39 is 0 Å². The Bertz CT molecular complexity index is 875. The van der Waals surface area contributed by atoms with Crippen LogP contribution in [0.4, 0.5) is 9.93 Å². The molecular formula is C17H18N4O2S. The number of anilines is 1. The summed E-state index contributed by atoms with van der Waals surface area (Å²) in [5, 5.41) is 7.58. The van der Waals surface area contributed by atoms with Crippen molar-refractivity contribution in [1.82, 2.24) is 15.6 Å². The number of nitrogens with one attached hydrogen (secondary N) is 2. The van der Waals surface area contributed by atoms with E-state index in [0.29, 0.717) is 0 Å². The van der Waals surface area contributed by atoms with Gasteiger partial charge in [-0.3, -0.25) is 4.90 Å². The van der Waals surface area contributed by atoms with Gasteiger partial charge in [-0.2, -0.15) is 0 Å². The van der Waals surface area contributed by atoms with E-state index in [1.807, 2.05) is 11.0 Å². The molecule has 3 aliphatic heterocycles. The van der Waals surface area contributed by atoms with Crippen LogP contribution in [0.2, 0.25) is 0 Å². The summed E-state index contributed by atoms with van der Waals surface area (Å²) in [6.45, 7) is 1.59. The van der Waals surface area contributed by atoms with E-state index in [4.69, 9.17) is 9.72 Å². The van der Waals surface area contributed by atoms with Crippen molar-refractivity contribution in [1.29, 1.82) is 0 Å². The highest BCUT2D eigenvalue weighted by Crippen LogP contribution is 2.46. The molecule has 0 unspecified atom stereocenters. The Balaban J connectivity index is 1.43. The number of amides is 2. The molecule has 2 amide bonds. The Morgan fingerprint density at radius 2 is 2.29 bits per heavy atom. The van der Waals surface area contributed by atoms with Crippen molar-refractivity contribution in [3.8, 4) is 5.75 Å². The molecule has 1 aliphatic carbocycles. The summed E-state index contributed by atoms with van der Waals surface area (Å²) in [6, 6.07) is 4.49. The van der Waals surface area contributed by atoms with E-state index in [1.54, 1.807) is 11.3 Å². The molecule has 2 N–H and O–H groups in total. The van der Waals surface area contributed by atoms with Gasteiger partial charge in [-0.05, 0) is 31.4 Å². The molecule has 6 rings (SSSR count). The van der Waals surface area contributed by atoms with Crippen molar-refractivity contribution in [2.24, 2.45) is 0 Å². The maximum Gasteiger partial charge on any atom is 0.324 e. The van der Waals surface area contributed by atoms with E-state index in [1.165, 1.54) is 18.4 Å². The zero-order valence-corrected chi connectivity index (χ0v) is 14.0. The summed E-state index contributed by atoms with van der Waals surface area (Å²) in [4.78, 5) is 19.4. The topological polar surface area (TPSA) is 66.5 Å². The average Bonchev–Trinajstić information content (AvgIpc) is 2.94. The van der Waals surface area contributed by atoms with Gasteiger partial charge in [0.2, 0.25) is 0 Å². The van der Waals surface area contributed by atoms with Crippen molar-refractivity contribution in [2.75, 3.05) is 18.1 Å². The third-order valence-electron chi connectivity index (χ3n) is 5.90. The van der Waals surface area contributed by atoms with Crippen LogP contribution in [0.3, 0.4) is 0 Å². The Hall–Kier alpha value is -1.86. The summed E-state index contributed by atoms with van der Waals surface area (Å²) < 4.78 is 6.79. The Morgan fingerprint density at radius 1 is 1.38 bits per heavy atom. The van der Waals surface area contributed by atoms with Crippen molar-refractivity contribution < 1.29 is 9.53 Å². The highest BCUT2D eigenvalue weighted by Gasteiger charge is 2.54. The monoisotopic (exact) mass is 342 g/mol. The molecule has 2 aromatic rings. The first-order chi connectivity index (χ1) is 11.7. The molecule has 1 spiro atoms. The zero-order chi connectivity index (χ0) is 15.9. The first-order valence-electron chi connectivity index (χ1n) is 8.62. The summed E-state index contributed by atoms with van der Waals surface area (Å²) in [7, 11) is 0. The summed E-state index contributed by atoms with van der Waals surface area (Å²) in [6.07, 6.45) is 4.38. The van der Waals surface area contributed by atoms with Crippen LogP contribution in [-0.4, -0.2) is 41.8 Å². The average molecular weight is 342 g/mol. The summed E-state index contributed by atoms with van der Waals surface area (Å²) in [5.41, 5.74) is 2.48. The second-order valence-electron chi connectivity index (χ2n) is 7.34. The fourth-order valence-electron chi connectivity index (χ4n) is 4.40. The molecule has 1 saturated carbocycles. The molecule has 2 saturated heterocycles. The van der Waals surface area contributed by atoms with Crippen molar-refractivity contribution in [2.45, 2.75) is 43.3 Å². The van der Waals surface area contributed by atoms with Crippen molar-refractivity contribution >= 4 is 32.7 Å². The van der Waals surface area contributed by atoms with Gasteiger partial charge in [0.15, 0.2) is 5.13 Å². The Morgan fingerprint density at radius 3 is 3.17 bits per heavy atom. The van der Waals surface area contributed by atoms with Gasteiger partial charge in [-0.1, -0.05) is 11.3 Å². The second kappa shape index (κ2) is 4.40. The van der Waals surface area contributed by atoms with Crippen molar-refractivity contribution in [3.63, 3.8) is 0 Å². The fraction of sp³-hybridized carbons (Fsp3) is 0.529. The van der Waals surface area contributed by atoms with Crippen LogP contribution in [-0.2, 0) is 6.42 Å². The van der Waals surface area contributed by atoms with Crippen LogP contribution in [0.15, 0.2) is 12.1 Å². The number of hydrogen-bond acceptors (Lipinski definition) is 5. The molecule has 0 radical (unpaired) electrons. The van der Waals surface area contributed by atoms with Crippen LogP contribution in [0.1, 0.15) is 24.8 Å². The van der Waals surface area contributed by atoms with Crippen LogP contribution >= 0.6 is 11.3 Å². The smallest absolute Gasteiger partial charge is 0.324 e. The maximum absolute atomic E-state index is 12.6. The summed E-state index contributed by atoms with van der Waals surface area (Å²) >= 11 is 1.62. The lowest BCUT2D eigenvalue weighted by molar-refractivity contribution is 0.250. The maximum atomic E-state index is 12.6. The highest BCUT2D eigenvalue weighted by atomic mass is 32.1. The third kappa shape index (κ3) is 1.74. The second-order valence-corrected chi connectivity index (χ2v) is 8.35. The number of hydrogen-bond donors (Lipinski definition) is 2. The van der Waals surface area contributed by atoms with Crippen molar-refractivity contribution in [3.05, 3.63) is 17.7 Å². The minimum absolute atomic E-state index is 0.00329. The largest absolute Gasteiger partial charge is 0.493 e. The van der Waals surface area contributed by atoms with Gasteiger partial charge in [0, 0.05) is 24.1 Å². The zero-order valence-electron chi connectivity index (χ0n) is 13.2. The van der Waals surface area contributed by atoms with E-state index in [9.17, 15) is 4.79 Å². The molecule has 1 aromatic heterocycles. The van der Waals surface area contributed by atoms with Gasteiger partial charge in [0.1, 0.15) is 5.75 Å². The first-order valence-corrected chi connectivity index (χ1v) is 9.44. The van der Waals surface area contributed by atoms with E-state index in [2.05, 4.69) is 16.7 Å². The van der Waals surface area contributed by atoms with Crippen LogP contribution in [0.5, 0.6) is 5.75 Å². The molecule has 0 bridgehead atoms. The number of benzene rings is 1. The molecule has 6 nitrogen and oxygen atoms in total. The standard InChI is InChI=1S/C17H18N4O2S/c22-15-19-10-8-18-17(4-5-17)7-11(10)21(15)16-20-14-9-3-6-23-12(9)1-2-13(14)24-16/h1-2,10-11,18H,3-8H2,(H,19,22)/t10-,11+/m0/s1. The normalized spacial score (nSPS) is 29.5. The van der Waals surface area contributed by atoms with Gasteiger partial charge >= 0.3 is 6.03 Å². The number of nitrogens with zero attached hydrogens (tertiary/aromatic N) is 2. The number of urea groups is 1. The highest BCUT2D eigenvalue weighted by molar-refractivity contribution is 7.22. The number of thiazole rings is 1. The number of rotatable bonds is 1. The number of ether oxygens (including phenoxy) is 1. The molecule has 4 heterocycles. The van der Waals surface area contributed by atoms with Crippen LogP contribution in [0.25, 0.3) is 10.2 Å². The van der Waals surface area contributed by atoms with Crippen LogP contribution < -0.4 is 20.3 Å². The lowest BCUT2D eigenvalue weighted by Gasteiger charge is -2.35. The molecular weight excluding hydrogens is 324 g/mol. The SMILES string of the molecule is O=C1N[C@H]2CNC3(CC3)C[C@H]2N1c1nc2c3c(ccc2s1)OCC3. The number of carbonyl (C=O) groups is 1. The molecule has 124 valence electrons. The molecule has 4 aliphatic rings. The fourth-order valence-corrected chi connectivity index (χ4v) is 5.45. The Kier molecular flexibility index (Phi) is 2.46. The molecule has 2 atom stereocenters. The minimum Gasteiger partial charge on any atom is -0.493 e. The predicted octanol–water partition coefficient (Wildman–Crippen LogP) is 2.02. The summed E-state index contributed by atoms with van der Waals surface area (Å²) in [5.74, 6) is 0.946. The lowest BCUT2D eigenvalue weighted by atomic mass is 9.94. The van der Waals surface area contributed by atoms with E-state index in [0.717, 1.165) is 47.1 Å². The number of fused-ring (bicyclic) bond motifs is 4. The Labute approximate surface area is 143 Å². The van der Waals surface area contributed by atoms with Crippen LogP contribution in [0, 0.1) is 0 Å². The number of carbonyl (C=O) groups excluding carboxylic acids is 1. The molecule has 7 heteroatoms.